The van der Waals surface area contributed by atoms with Crippen LogP contribution in [0.15, 0.2) is 0 Å². The van der Waals surface area contributed by atoms with Gasteiger partial charge in [-0.3, -0.25) is 0 Å². The lowest BCUT2D eigenvalue weighted by Gasteiger charge is -2.16. The normalized spacial score (nSPS) is 28.7. The third-order valence-corrected chi connectivity index (χ3v) is 4.00. The van der Waals surface area contributed by atoms with Crippen LogP contribution in [0.1, 0.15) is 39.0 Å². The van der Waals surface area contributed by atoms with Crippen LogP contribution < -0.4 is 10.6 Å². The fraction of sp³-hybridized carbons (Fsp3) is 0.846. The molecular formula is C13H22N2O3. The molecule has 0 saturated heterocycles. The first-order valence-electron chi connectivity index (χ1n) is 6.83. The summed E-state index contributed by atoms with van der Waals surface area (Å²) >= 11 is 0. The van der Waals surface area contributed by atoms with Gasteiger partial charge >= 0.3 is 12.0 Å². The molecule has 3 atom stereocenters. The summed E-state index contributed by atoms with van der Waals surface area (Å²) in [5.74, 6) is 0.495. The molecule has 102 valence electrons. The largest absolute Gasteiger partial charge is 0.480 e. The number of carboxylic acids is 1. The first-order valence-corrected chi connectivity index (χ1v) is 6.83. The highest BCUT2D eigenvalue weighted by Crippen LogP contribution is 2.32. The Labute approximate surface area is 107 Å². The van der Waals surface area contributed by atoms with Crippen molar-refractivity contribution in [2.75, 3.05) is 6.54 Å². The van der Waals surface area contributed by atoms with Crippen molar-refractivity contribution in [1.82, 2.24) is 10.6 Å². The molecule has 0 aliphatic heterocycles. The molecule has 0 aromatic heterocycles. The molecule has 0 radical (unpaired) electrons. The summed E-state index contributed by atoms with van der Waals surface area (Å²) in [7, 11) is 0. The third kappa shape index (κ3) is 3.62. The second kappa shape index (κ2) is 5.59. The average molecular weight is 254 g/mol. The van der Waals surface area contributed by atoms with Crippen LogP contribution in [0.2, 0.25) is 0 Å². The molecule has 2 aliphatic carbocycles. The number of amides is 2. The molecule has 5 heteroatoms. The van der Waals surface area contributed by atoms with Gasteiger partial charge in [0.25, 0.3) is 0 Å². The van der Waals surface area contributed by atoms with Crippen LogP contribution in [0.3, 0.4) is 0 Å². The quantitative estimate of drug-likeness (QED) is 0.697. The van der Waals surface area contributed by atoms with Gasteiger partial charge in [-0.25, -0.2) is 9.59 Å². The Morgan fingerprint density at radius 2 is 2.00 bits per heavy atom. The summed E-state index contributed by atoms with van der Waals surface area (Å²) in [6.07, 6.45) is 5.35. The standard InChI is InChI=1S/C13H22N2O3/c1-8-2-3-9(6-8)7-14-13(18)15-11(12(16)17)10-4-5-10/h8-11H,2-7H2,1H3,(H,16,17)(H2,14,15,18). The monoisotopic (exact) mass is 254 g/mol. The number of carboxylic acid groups (broad SMARTS) is 1. The molecule has 18 heavy (non-hydrogen) atoms. The van der Waals surface area contributed by atoms with Gasteiger partial charge in [0, 0.05) is 6.54 Å². The van der Waals surface area contributed by atoms with Crippen molar-refractivity contribution in [2.24, 2.45) is 17.8 Å². The Morgan fingerprint density at radius 3 is 2.50 bits per heavy atom. The smallest absolute Gasteiger partial charge is 0.326 e. The second-order valence-corrected chi connectivity index (χ2v) is 5.79. The fourth-order valence-corrected chi connectivity index (χ4v) is 2.75. The molecule has 2 saturated carbocycles. The zero-order valence-corrected chi connectivity index (χ0v) is 10.8. The van der Waals surface area contributed by atoms with Crippen LogP contribution in [0.5, 0.6) is 0 Å². The maximum absolute atomic E-state index is 11.6. The Balaban J connectivity index is 1.69. The van der Waals surface area contributed by atoms with Gasteiger partial charge in [0.2, 0.25) is 0 Å². The van der Waals surface area contributed by atoms with E-state index >= 15 is 0 Å². The molecule has 3 N–H and O–H groups in total. The maximum Gasteiger partial charge on any atom is 0.326 e. The van der Waals surface area contributed by atoms with E-state index in [1.165, 1.54) is 6.42 Å². The molecule has 2 aliphatic rings. The number of aliphatic carboxylic acids is 1. The van der Waals surface area contributed by atoms with Crippen molar-refractivity contribution in [2.45, 2.75) is 45.1 Å². The minimum atomic E-state index is -0.929. The molecular weight excluding hydrogens is 232 g/mol. The number of hydrogen-bond donors (Lipinski definition) is 3. The van der Waals surface area contributed by atoms with Gasteiger partial charge in [-0.05, 0) is 43.4 Å². The summed E-state index contributed by atoms with van der Waals surface area (Å²) in [5, 5.41) is 14.4. The minimum absolute atomic E-state index is 0.125. The van der Waals surface area contributed by atoms with Crippen LogP contribution in [-0.4, -0.2) is 29.7 Å². The zero-order valence-electron chi connectivity index (χ0n) is 10.8. The summed E-state index contributed by atoms with van der Waals surface area (Å²) in [5.41, 5.74) is 0. The summed E-state index contributed by atoms with van der Waals surface area (Å²) in [6, 6.07) is -1.05. The van der Waals surface area contributed by atoms with E-state index in [-0.39, 0.29) is 11.9 Å². The number of rotatable bonds is 5. The number of nitrogens with one attached hydrogen (secondary N) is 2. The molecule has 5 nitrogen and oxygen atoms in total. The zero-order chi connectivity index (χ0) is 13.1. The van der Waals surface area contributed by atoms with Gasteiger partial charge < -0.3 is 15.7 Å². The lowest BCUT2D eigenvalue weighted by molar-refractivity contribution is -0.139. The lowest BCUT2D eigenvalue weighted by Crippen LogP contribution is -2.48. The van der Waals surface area contributed by atoms with Gasteiger partial charge in [-0.1, -0.05) is 13.3 Å². The predicted octanol–water partition coefficient (Wildman–Crippen LogP) is 1.58. The Bertz CT molecular complexity index is 328. The van der Waals surface area contributed by atoms with Gasteiger partial charge in [0.15, 0.2) is 0 Å². The summed E-state index contributed by atoms with van der Waals surface area (Å²) in [6.45, 7) is 2.89. The van der Waals surface area contributed by atoms with E-state index in [1.54, 1.807) is 0 Å². The summed E-state index contributed by atoms with van der Waals surface area (Å²) < 4.78 is 0. The van der Waals surface area contributed by atoms with Crippen LogP contribution in [0.4, 0.5) is 4.79 Å². The Hall–Kier alpha value is -1.26. The fourth-order valence-electron chi connectivity index (χ4n) is 2.75. The first kappa shape index (κ1) is 13.2. The van der Waals surface area contributed by atoms with E-state index < -0.39 is 12.0 Å². The van der Waals surface area contributed by atoms with Crippen molar-refractivity contribution in [3.8, 4) is 0 Å². The van der Waals surface area contributed by atoms with E-state index in [0.29, 0.717) is 12.5 Å². The van der Waals surface area contributed by atoms with Crippen molar-refractivity contribution < 1.29 is 14.7 Å². The number of hydrogen-bond acceptors (Lipinski definition) is 2. The van der Waals surface area contributed by atoms with E-state index in [1.807, 2.05) is 0 Å². The second-order valence-electron chi connectivity index (χ2n) is 5.79. The van der Waals surface area contributed by atoms with Gasteiger partial charge in [0.1, 0.15) is 6.04 Å². The van der Waals surface area contributed by atoms with E-state index in [2.05, 4.69) is 17.6 Å². The highest BCUT2D eigenvalue weighted by atomic mass is 16.4. The highest BCUT2D eigenvalue weighted by Gasteiger charge is 2.37. The average Bonchev–Trinajstić information content (AvgIpc) is 3.06. The molecule has 0 bridgehead atoms. The van der Waals surface area contributed by atoms with E-state index in [0.717, 1.165) is 31.6 Å². The Morgan fingerprint density at radius 1 is 1.28 bits per heavy atom. The van der Waals surface area contributed by atoms with E-state index in [9.17, 15) is 9.59 Å². The molecule has 3 unspecified atom stereocenters. The topological polar surface area (TPSA) is 78.4 Å². The number of carbonyl (C=O) groups is 2. The van der Waals surface area contributed by atoms with Gasteiger partial charge in [0.05, 0.1) is 0 Å². The minimum Gasteiger partial charge on any atom is -0.480 e. The molecule has 2 fully saturated rings. The molecule has 0 spiro atoms. The maximum atomic E-state index is 11.6. The van der Waals surface area contributed by atoms with Crippen molar-refractivity contribution >= 4 is 12.0 Å². The van der Waals surface area contributed by atoms with Crippen LogP contribution >= 0.6 is 0 Å². The molecule has 0 heterocycles. The van der Waals surface area contributed by atoms with E-state index in [4.69, 9.17) is 5.11 Å². The van der Waals surface area contributed by atoms with Crippen molar-refractivity contribution in [1.29, 1.82) is 0 Å². The predicted molar refractivity (Wildman–Crippen MR) is 67.2 cm³/mol. The molecule has 0 aromatic rings. The van der Waals surface area contributed by atoms with Crippen molar-refractivity contribution in [3.05, 3.63) is 0 Å². The first-order chi connectivity index (χ1) is 8.56. The van der Waals surface area contributed by atoms with Gasteiger partial charge in [-0.15, -0.1) is 0 Å². The lowest BCUT2D eigenvalue weighted by atomic mass is 10.1. The van der Waals surface area contributed by atoms with Crippen LogP contribution in [0.25, 0.3) is 0 Å². The van der Waals surface area contributed by atoms with Crippen molar-refractivity contribution in [3.63, 3.8) is 0 Å². The van der Waals surface area contributed by atoms with Crippen LogP contribution in [-0.2, 0) is 4.79 Å². The molecule has 2 rings (SSSR count). The van der Waals surface area contributed by atoms with Crippen LogP contribution in [0, 0.1) is 17.8 Å². The third-order valence-electron chi connectivity index (χ3n) is 4.00. The molecule has 0 aromatic carbocycles. The summed E-state index contributed by atoms with van der Waals surface area (Å²) in [4.78, 5) is 22.6. The van der Waals surface area contributed by atoms with Gasteiger partial charge in [-0.2, -0.15) is 0 Å². The molecule has 2 amide bonds. The number of carbonyl (C=O) groups excluding carboxylic acids is 1. The Kier molecular flexibility index (Phi) is 4.09. The highest BCUT2D eigenvalue weighted by molar-refractivity contribution is 5.83. The SMILES string of the molecule is CC1CCC(CNC(=O)NC(C(=O)O)C2CC2)C1. The number of urea groups is 1.